The van der Waals surface area contributed by atoms with Crippen molar-refractivity contribution in [3.05, 3.63) is 45.7 Å². The van der Waals surface area contributed by atoms with E-state index in [1.807, 2.05) is 19.1 Å². The van der Waals surface area contributed by atoms with Gasteiger partial charge in [-0.1, -0.05) is 13.0 Å². The SMILES string of the molecule is CCc1ccc2c(=O)c(CC(=O)O)c[nH]c2c1. The van der Waals surface area contributed by atoms with Gasteiger partial charge in [-0.05, 0) is 24.1 Å². The van der Waals surface area contributed by atoms with Gasteiger partial charge in [-0.2, -0.15) is 0 Å². The van der Waals surface area contributed by atoms with Crippen molar-refractivity contribution in [1.82, 2.24) is 4.98 Å². The Hall–Kier alpha value is -2.10. The van der Waals surface area contributed by atoms with Gasteiger partial charge in [0.05, 0.1) is 6.42 Å². The second-order valence-corrected chi connectivity index (χ2v) is 3.95. The summed E-state index contributed by atoms with van der Waals surface area (Å²) in [6, 6.07) is 5.56. The number of rotatable bonds is 3. The average molecular weight is 231 g/mol. The molecule has 0 radical (unpaired) electrons. The molecule has 0 fully saturated rings. The van der Waals surface area contributed by atoms with Crippen molar-refractivity contribution in [2.45, 2.75) is 19.8 Å². The fourth-order valence-corrected chi connectivity index (χ4v) is 1.83. The van der Waals surface area contributed by atoms with Crippen LogP contribution in [0.5, 0.6) is 0 Å². The Bertz CT molecular complexity index is 628. The molecule has 0 amide bonds. The van der Waals surface area contributed by atoms with Gasteiger partial charge in [0.25, 0.3) is 0 Å². The summed E-state index contributed by atoms with van der Waals surface area (Å²) in [4.78, 5) is 25.6. The summed E-state index contributed by atoms with van der Waals surface area (Å²) in [6.07, 6.45) is 2.13. The summed E-state index contributed by atoms with van der Waals surface area (Å²) >= 11 is 0. The maximum atomic E-state index is 12.0. The van der Waals surface area contributed by atoms with Crippen molar-refractivity contribution in [2.75, 3.05) is 0 Å². The van der Waals surface area contributed by atoms with Crippen LogP contribution in [0.3, 0.4) is 0 Å². The van der Waals surface area contributed by atoms with E-state index < -0.39 is 5.97 Å². The van der Waals surface area contributed by atoms with Crippen LogP contribution in [0.1, 0.15) is 18.1 Å². The van der Waals surface area contributed by atoms with E-state index in [9.17, 15) is 9.59 Å². The predicted octanol–water partition coefficient (Wildman–Crippen LogP) is 1.72. The van der Waals surface area contributed by atoms with E-state index >= 15 is 0 Å². The Morgan fingerprint density at radius 1 is 1.41 bits per heavy atom. The van der Waals surface area contributed by atoms with Crippen molar-refractivity contribution in [2.24, 2.45) is 0 Å². The number of pyridine rings is 1. The first-order valence-electron chi connectivity index (χ1n) is 5.47. The summed E-state index contributed by atoms with van der Waals surface area (Å²) < 4.78 is 0. The third-order valence-electron chi connectivity index (χ3n) is 2.77. The highest BCUT2D eigenvalue weighted by atomic mass is 16.4. The van der Waals surface area contributed by atoms with E-state index in [2.05, 4.69) is 4.98 Å². The molecule has 0 aliphatic rings. The topological polar surface area (TPSA) is 70.2 Å². The van der Waals surface area contributed by atoms with E-state index in [1.165, 1.54) is 6.20 Å². The number of aryl methyl sites for hydroxylation is 1. The first kappa shape index (κ1) is 11.4. The lowest BCUT2D eigenvalue weighted by Crippen LogP contribution is -2.14. The third kappa shape index (κ3) is 2.20. The van der Waals surface area contributed by atoms with E-state index in [-0.39, 0.29) is 17.4 Å². The number of carbonyl (C=O) groups is 1. The first-order chi connectivity index (χ1) is 8.11. The quantitative estimate of drug-likeness (QED) is 0.844. The maximum Gasteiger partial charge on any atom is 0.308 e. The Labute approximate surface area is 97.9 Å². The molecule has 1 aromatic heterocycles. The standard InChI is InChI=1S/C13H13NO3/c1-2-8-3-4-10-11(5-8)14-7-9(13(10)17)6-12(15)16/h3-5,7H,2,6H2,1H3,(H,14,17)(H,15,16). The molecule has 88 valence electrons. The zero-order valence-corrected chi connectivity index (χ0v) is 9.49. The molecule has 0 bridgehead atoms. The molecule has 2 N–H and O–H groups in total. The Balaban J connectivity index is 2.60. The molecule has 2 rings (SSSR count). The van der Waals surface area contributed by atoms with Crippen LogP contribution in [0, 0.1) is 0 Å². The van der Waals surface area contributed by atoms with Gasteiger partial charge >= 0.3 is 5.97 Å². The van der Waals surface area contributed by atoms with Crippen LogP contribution in [0.4, 0.5) is 0 Å². The maximum absolute atomic E-state index is 12.0. The van der Waals surface area contributed by atoms with Crippen molar-refractivity contribution in [3.8, 4) is 0 Å². The number of hydrogen-bond donors (Lipinski definition) is 2. The van der Waals surface area contributed by atoms with Crippen molar-refractivity contribution in [1.29, 1.82) is 0 Å². The minimum absolute atomic E-state index is 0.205. The van der Waals surface area contributed by atoms with Crippen LogP contribution in [0.25, 0.3) is 10.9 Å². The summed E-state index contributed by atoms with van der Waals surface area (Å²) in [5.74, 6) is -1.000. The van der Waals surface area contributed by atoms with Crippen molar-refractivity contribution >= 4 is 16.9 Å². The van der Waals surface area contributed by atoms with Gasteiger partial charge in [0, 0.05) is 22.7 Å². The van der Waals surface area contributed by atoms with Gasteiger partial charge in [-0.3, -0.25) is 9.59 Å². The smallest absolute Gasteiger partial charge is 0.308 e. The monoisotopic (exact) mass is 231 g/mol. The number of hydrogen-bond acceptors (Lipinski definition) is 2. The molecule has 2 aromatic rings. The summed E-state index contributed by atoms with van der Waals surface area (Å²) in [5, 5.41) is 9.24. The molecule has 1 aromatic carbocycles. The second kappa shape index (κ2) is 4.41. The minimum Gasteiger partial charge on any atom is -0.481 e. The Kier molecular flexibility index (Phi) is 2.95. The number of aromatic amines is 1. The second-order valence-electron chi connectivity index (χ2n) is 3.95. The van der Waals surface area contributed by atoms with Gasteiger partial charge in [-0.15, -0.1) is 0 Å². The molecule has 17 heavy (non-hydrogen) atoms. The largest absolute Gasteiger partial charge is 0.481 e. The zero-order chi connectivity index (χ0) is 12.4. The minimum atomic E-state index is -1.000. The van der Waals surface area contributed by atoms with E-state index in [0.29, 0.717) is 5.39 Å². The number of nitrogens with one attached hydrogen (secondary N) is 1. The summed E-state index contributed by atoms with van der Waals surface area (Å²) in [6.45, 7) is 2.04. The van der Waals surface area contributed by atoms with Crippen molar-refractivity contribution < 1.29 is 9.90 Å². The molecule has 0 spiro atoms. The number of H-pyrrole nitrogens is 1. The molecule has 0 atom stereocenters. The highest BCUT2D eigenvalue weighted by Gasteiger charge is 2.08. The van der Waals surface area contributed by atoms with Gasteiger partial charge in [0.1, 0.15) is 0 Å². The van der Waals surface area contributed by atoms with Gasteiger partial charge < -0.3 is 10.1 Å². The van der Waals surface area contributed by atoms with Crippen molar-refractivity contribution in [3.63, 3.8) is 0 Å². The zero-order valence-electron chi connectivity index (χ0n) is 9.49. The van der Waals surface area contributed by atoms with E-state index in [0.717, 1.165) is 17.5 Å². The molecule has 4 nitrogen and oxygen atoms in total. The molecule has 0 saturated carbocycles. The lowest BCUT2D eigenvalue weighted by Gasteiger charge is -2.03. The molecular weight excluding hydrogens is 218 g/mol. The van der Waals surface area contributed by atoms with Crippen LogP contribution in [-0.4, -0.2) is 16.1 Å². The highest BCUT2D eigenvalue weighted by molar-refractivity contribution is 5.81. The number of aliphatic carboxylic acids is 1. The molecule has 0 unspecified atom stereocenters. The molecular formula is C13H13NO3. The molecule has 0 saturated heterocycles. The Morgan fingerprint density at radius 2 is 2.18 bits per heavy atom. The van der Waals surface area contributed by atoms with Gasteiger partial charge in [0.15, 0.2) is 5.43 Å². The summed E-state index contributed by atoms with van der Waals surface area (Å²) in [7, 11) is 0. The fourth-order valence-electron chi connectivity index (χ4n) is 1.83. The Morgan fingerprint density at radius 3 is 2.82 bits per heavy atom. The number of carboxylic acids is 1. The highest BCUT2D eigenvalue weighted by Crippen LogP contribution is 2.11. The predicted molar refractivity (Wildman–Crippen MR) is 65.3 cm³/mol. The van der Waals surface area contributed by atoms with E-state index in [1.54, 1.807) is 6.07 Å². The van der Waals surface area contributed by atoms with Gasteiger partial charge in [-0.25, -0.2) is 0 Å². The van der Waals surface area contributed by atoms with Crippen LogP contribution in [-0.2, 0) is 17.6 Å². The molecule has 0 aliphatic carbocycles. The molecule has 4 heteroatoms. The van der Waals surface area contributed by atoms with Crippen LogP contribution >= 0.6 is 0 Å². The third-order valence-corrected chi connectivity index (χ3v) is 2.77. The summed E-state index contributed by atoms with van der Waals surface area (Å²) in [5.41, 5.74) is 1.97. The molecule has 1 heterocycles. The molecule has 0 aliphatic heterocycles. The number of benzene rings is 1. The number of fused-ring (bicyclic) bond motifs is 1. The lowest BCUT2D eigenvalue weighted by molar-refractivity contribution is -0.136. The normalized spacial score (nSPS) is 10.6. The van der Waals surface area contributed by atoms with E-state index in [4.69, 9.17) is 5.11 Å². The fraction of sp³-hybridized carbons (Fsp3) is 0.231. The van der Waals surface area contributed by atoms with Crippen LogP contribution < -0.4 is 5.43 Å². The van der Waals surface area contributed by atoms with Crippen LogP contribution in [0.2, 0.25) is 0 Å². The average Bonchev–Trinajstić information content (AvgIpc) is 2.32. The van der Waals surface area contributed by atoms with Crippen LogP contribution in [0.15, 0.2) is 29.2 Å². The first-order valence-corrected chi connectivity index (χ1v) is 5.47. The van der Waals surface area contributed by atoms with Gasteiger partial charge in [0.2, 0.25) is 0 Å². The number of carboxylic acid groups (broad SMARTS) is 1. The number of aromatic nitrogens is 1. The lowest BCUT2D eigenvalue weighted by atomic mass is 10.1.